The number of likely N-dealkylation sites (N-methyl/N-ethyl adjacent to an activating group) is 1. The number of hydrogen-bond donors (Lipinski definition) is 1. The molecular weight excluding hydrogens is 180 g/mol. The van der Waals surface area contributed by atoms with E-state index in [1.165, 1.54) is 0 Å². The smallest absolute Gasteiger partial charge is 0.242 e. The van der Waals surface area contributed by atoms with Gasteiger partial charge in [0.25, 0.3) is 0 Å². The van der Waals surface area contributed by atoms with E-state index in [2.05, 4.69) is 10.3 Å². The number of aromatic nitrogens is 2. The second-order valence-corrected chi connectivity index (χ2v) is 3.29. The molecule has 5 nitrogen and oxygen atoms in total. The maximum atomic E-state index is 11.4. The minimum atomic E-state index is 0.0698. The molecule has 0 atom stereocenters. The van der Waals surface area contributed by atoms with Crippen molar-refractivity contribution in [1.82, 2.24) is 19.8 Å². The van der Waals surface area contributed by atoms with Crippen molar-refractivity contribution in [2.75, 3.05) is 21.1 Å². The normalized spacial score (nSPS) is 10.2. The van der Waals surface area contributed by atoms with Gasteiger partial charge in [0.2, 0.25) is 5.91 Å². The average Bonchev–Trinajstić information content (AvgIpc) is 2.53. The van der Waals surface area contributed by atoms with Gasteiger partial charge in [-0.25, -0.2) is 4.98 Å². The number of nitrogens with zero attached hydrogens (tertiary/aromatic N) is 3. The van der Waals surface area contributed by atoms with E-state index in [4.69, 9.17) is 0 Å². The Kier molecular flexibility index (Phi) is 3.64. The lowest BCUT2D eigenvalue weighted by Gasteiger charge is -2.12. The summed E-state index contributed by atoms with van der Waals surface area (Å²) in [5, 5.41) is 3.00. The highest BCUT2D eigenvalue weighted by molar-refractivity contribution is 5.75. The predicted molar refractivity (Wildman–Crippen MR) is 53.7 cm³/mol. The standard InChI is InChI=1S/C9H16N4O/c1-10-6-8-11-4-5-13(8)7-9(14)12(2)3/h4-5,10H,6-7H2,1-3H3. The first-order chi connectivity index (χ1) is 6.65. The van der Waals surface area contributed by atoms with Crippen molar-refractivity contribution in [3.63, 3.8) is 0 Å². The maximum Gasteiger partial charge on any atom is 0.242 e. The van der Waals surface area contributed by atoms with Crippen molar-refractivity contribution >= 4 is 5.91 Å². The van der Waals surface area contributed by atoms with Crippen molar-refractivity contribution < 1.29 is 4.79 Å². The van der Waals surface area contributed by atoms with Crippen LogP contribution in [0.25, 0.3) is 0 Å². The molecule has 0 aromatic carbocycles. The number of nitrogens with one attached hydrogen (secondary N) is 1. The molecule has 1 aromatic rings. The van der Waals surface area contributed by atoms with Crippen molar-refractivity contribution in [3.8, 4) is 0 Å². The summed E-state index contributed by atoms with van der Waals surface area (Å²) in [6, 6.07) is 0. The maximum absolute atomic E-state index is 11.4. The minimum Gasteiger partial charge on any atom is -0.347 e. The summed E-state index contributed by atoms with van der Waals surface area (Å²) in [4.78, 5) is 17.1. The largest absolute Gasteiger partial charge is 0.347 e. The van der Waals surface area contributed by atoms with E-state index in [0.717, 1.165) is 5.82 Å². The zero-order valence-electron chi connectivity index (χ0n) is 8.82. The molecular formula is C9H16N4O. The van der Waals surface area contributed by atoms with Crippen LogP contribution in [0.1, 0.15) is 5.82 Å². The Balaban J connectivity index is 2.66. The monoisotopic (exact) mass is 196 g/mol. The van der Waals surface area contributed by atoms with Gasteiger partial charge in [-0.1, -0.05) is 0 Å². The van der Waals surface area contributed by atoms with Gasteiger partial charge in [-0.3, -0.25) is 4.79 Å². The van der Waals surface area contributed by atoms with Crippen LogP contribution in [0, 0.1) is 0 Å². The number of hydrogen-bond acceptors (Lipinski definition) is 3. The quantitative estimate of drug-likeness (QED) is 0.718. The summed E-state index contributed by atoms with van der Waals surface area (Å²) in [6.45, 7) is 1.03. The lowest BCUT2D eigenvalue weighted by Crippen LogP contribution is -2.27. The molecule has 1 rings (SSSR count). The van der Waals surface area contributed by atoms with E-state index < -0.39 is 0 Å². The SMILES string of the molecule is CNCc1nccn1CC(=O)N(C)C. The van der Waals surface area contributed by atoms with Crippen LogP contribution in [0.2, 0.25) is 0 Å². The van der Waals surface area contributed by atoms with E-state index in [9.17, 15) is 4.79 Å². The fourth-order valence-electron chi connectivity index (χ4n) is 1.10. The highest BCUT2D eigenvalue weighted by atomic mass is 16.2. The first-order valence-corrected chi connectivity index (χ1v) is 4.50. The fourth-order valence-corrected chi connectivity index (χ4v) is 1.10. The number of carbonyl (C=O) groups is 1. The van der Waals surface area contributed by atoms with Crippen LogP contribution in [0.3, 0.4) is 0 Å². The topological polar surface area (TPSA) is 50.2 Å². The summed E-state index contributed by atoms with van der Waals surface area (Å²) in [6.07, 6.45) is 3.52. The van der Waals surface area contributed by atoms with E-state index >= 15 is 0 Å². The molecule has 1 aromatic heterocycles. The van der Waals surface area contributed by atoms with Gasteiger partial charge in [-0.05, 0) is 7.05 Å². The van der Waals surface area contributed by atoms with Crippen LogP contribution in [0.4, 0.5) is 0 Å². The van der Waals surface area contributed by atoms with Gasteiger partial charge in [0.15, 0.2) is 0 Å². The molecule has 0 bridgehead atoms. The van der Waals surface area contributed by atoms with Crippen LogP contribution in [-0.2, 0) is 17.9 Å². The lowest BCUT2D eigenvalue weighted by molar-refractivity contribution is -0.129. The first-order valence-electron chi connectivity index (χ1n) is 4.50. The second kappa shape index (κ2) is 4.76. The summed E-state index contributed by atoms with van der Waals surface area (Å²) in [7, 11) is 5.35. The fraction of sp³-hybridized carbons (Fsp3) is 0.556. The van der Waals surface area contributed by atoms with Gasteiger partial charge in [0.1, 0.15) is 12.4 Å². The van der Waals surface area contributed by atoms with Crippen LogP contribution >= 0.6 is 0 Å². The molecule has 1 heterocycles. The summed E-state index contributed by atoms with van der Waals surface area (Å²) >= 11 is 0. The molecule has 1 N–H and O–H groups in total. The summed E-state index contributed by atoms with van der Waals surface area (Å²) in [5.74, 6) is 0.947. The zero-order chi connectivity index (χ0) is 10.6. The third-order valence-electron chi connectivity index (χ3n) is 1.94. The number of imidazole rings is 1. The molecule has 0 saturated heterocycles. The average molecular weight is 196 g/mol. The van der Waals surface area contributed by atoms with E-state index in [1.807, 2.05) is 17.8 Å². The van der Waals surface area contributed by atoms with Crippen molar-refractivity contribution in [2.45, 2.75) is 13.1 Å². The second-order valence-electron chi connectivity index (χ2n) is 3.29. The third-order valence-corrected chi connectivity index (χ3v) is 1.94. The van der Waals surface area contributed by atoms with Gasteiger partial charge in [0.05, 0.1) is 6.54 Å². The molecule has 0 fully saturated rings. The molecule has 0 aliphatic carbocycles. The third kappa shape index (κ3) is 2.56. The molecule has 0 radical (unpaired) electrons. The molecule has 0 spiro atoms. The molecule has 0 aliphatic rings. The van der Waals surface area contributed by atoms with Crippen molar-refractivity contribution in [3.05, 3.63) is 18.2 Å². The molecule has 0 saturated carbocycles. The summed E-state index contributed by atoms with van der Waals surface area (Å²) in [5.41, 5.74) is 0. The highest BCUT2D eigenvalue weighted by Gasteiger charge is 2.07. The Morgan fingerprint density at radius 2 is 2.36 bits per heavy atom. The molecule has 0 aliphatic heterocycles. The van der Waals surface area contributed by atoms with Gasteiger partial charge in [-0.15, -0.1) is 0 Å². The Labute approximate surface area is 83.7 Å². The molecule has 14 heavy (non-hydrogen) atoms. The molecule has 78 valence electrons. The predicted octanol–water partition coefficient (Wildman–Crippen LogP) is -0.309. The summed E-state index contributed by atoms with van der Waals surface area (Å²) < 4.78 is 1.85. The molecule has 5 heteroatoms. The van der Waals surface area contributed by atoms with Gasteiger partial charge in [0, 0.05) is 26.5 Å². The van der Waals surface area contributed by atoms with Gasteiger partial charge in [-0.2, -0.15) is 0 Å². The van der Waals surface area contributed by atoms with Crippen LogP contribution in [0.15, 0.2) is 12.4 Å². The number of carbonyl (C=O) groups excluding carboxylic acids is 1. The van der Waals surface area contributed by atoms with Gasteiger partial charge < -0.3 is 14.8 Å². The van der Waals surface area contributed by atoms with E-state index in [-0.39, 0.29) is 5.91 Å². The Bertz CT molecular complexity index is 306. The Hall–Kier alpha value is -1.36. The Morgan fingerprint density at radius 3 is 2.93 bits per heavy atom. The first kappa shape index (κ1) is 10.7. The van der Waals surface area contributed by atoms with Crippen molar-refractivity contribution in [2.24, 2.45) is 0 Å². The van der Waals surface area contributed by atoms with Crippen LogP contribution in [0.5, 0.6) is 0 Å². The highest BCUT2D eigenvalue weighted by Crippen LogP contribution is 1.98. The van der Waals surface area contributed by atoms with E-state index in [0.29, 0.717) is 13.1 Å². The molecule has 0 unspecified atom stereocenters. The zero-order valence-corrected chi connectivity index (χ0v) is 8.82. The lowest BCUT2D eigenvalue weighted by atomic mass is 10.5. The van der Waals surface area contributed by atoms with Crippen LogP contribution < -0.4 is 5.32 Å². The minimum absolute atomic E-state index is 0.0698. The van der Waals surface area contributed by atoms with E-state index in [1.54, 1.807) is 25.2 Å². The van der Waals surface area contributed by atoms with Crippen LogP contribution in [-0.4, -0.2) is 41.5 Å². The number of rotatable bonds is 4. The molecule has 1 amide bonds. The Morgan fingerprint density at radius 1 is 1.64 bits per heavy atom. The van der Waals surface area contributed by atoms with Crippen molar-refractivity contribution in [1.29, 1.82) is 0 Å². The van der Waals surface area contributed by atoms with Gasteiger partial charge >= 0.3 is 0 Å². The number of amides is 1.